The molecule has 1 saturated heterocycles. The highest BCUT2D eigenvalue weighted by Gasteiger charge is 2.33. The molecule has 1 atom stereocenters. The van der Waals surface area contributed by atoms with E-state index < -0.39 is 29.9 Å². The van der Waals surface area contributed by atoms with Gasteiger partial charge in [-0.05, 0) is 12.8 Å². The topological polar surface area (TPSA) is 90.0 Å². The van der Waals surface area contributed by atoms with Crippen LogP contribution in [0.2, 0.25) is 0 Å². The average molecular weight is 383 g/mol. The number of carbonyl (C=O) groups is 4. The molecule has 1 aliphatic rings. The minimum Gasteiger partial charge on any atom is -0.462 e. The Morgan fingerprint density at radius 1 is 0.926 bits per heavy atom. The van der Waals surface area contributed by atoms with Crippen LogP contribution in [0.1, 0.15) is 97.3 Å². The summed E-state index contributed by atoms with van der Waals surface area (Å²) in [6.07, 6.45) is 10.5. The second-order valence-corrected chi connectivity index (χ2v) is 7.10. The predicted octanol–water partition coefficient (Wildman–Crippen LogP) is 3.84. The van der Waals surface area contributed by atoms with Gasteiger partial charge in [0, 0.05) is 19.8 Å². The quantitative estimate of drug-likeness (QED) is 0.257. The fraction of sp³-hybridized carbons (Fsp3) is 0.800. The zero-order valence-corrected chi connectivity index (χ0v) is 16.7. The van der Waals surface area contributed by atoms with Gasteiger partial charge in [-0.25, -0.2) is 4.79 Å². The lowest BCUT2D eigenvalue weighted by Crippen LogP contribution is -2.33. The molecule has 0 aromatic carbocycles. The smallest absolute Gasteiger partial charge is 0.336 e. The first-order chi connectivity index (χ1) is 12.9. The molecular weight excluding hydrogens is 350 g/mol. The average Bonchev–Trinajstić information content (AvgIpc) is 2.91. The molecule has 0 saturated carbocycles. The Morgan fingerprint density at radius 3 is 1.96 bits per heavy atom. The molecule has 0 aromatic heterocycles. The lowest BCUT2D eigenvalue weighted by molar-refractivity contribution is -0.199. The summed E-state index contributed by atoms with van der Waals surface area (Å²) in [5, 5.41) is 0.520. The molecule has 154 valence electrons. The molecule has 2 amide bonds. The van der Waals surface area contributed by atoms with E-state index in [1.54, 1.807) is 0 Å². The van der Waals surface area contributed by atoms with E-state index in [2.05, 4.69) is 6.92 Å². The van der Waals surface area contributed by atoms with Crippen molar-refractivity contribution in [3.63, 3.8) is 0 Å². The van der Waals surface area contributed by atoms with E-state index in [-0.39, 0.29) is 19.3 Å². The third kappa shape index (κ3) is 10.1. The van der Waals surface area contributed by atoms with Gasteiger partial charge in [-0.2, -0.15) is 0 Å². The summed E-state index contributed by atoms with van der Waals surface area (Å²) >= 11 is 0. The molecule has 1 rings (SSSR count). The Morgan fingerprint density at radius 2 is 1.44 bits per heavy atom. The van der Waals surface area contributed by atoms with Gasteiger partial charge in [0.1, 0.15) is 6.10 Å². The summed E-state index contributed by atoms with van der Waals surface area (Å²) < 4.78 is 5.18. The van der Waals surface area contributed by atoms with Crippen LogP contribution in [0.25, 0.3) is 0 Å². The first-order valence-electron chi connectivity index (χ1n) is 10.2. The van der Waals surface area contributed by atoms with Crippen molar-refractivity contribution < 1.29 is 28.8 Å². The van der Waals surface area contributed by atoms with Crippen LogP contribution in [0.3, 0.4) is 0 Å². The van der Waals surface area contributed by atoms with Crippen molar-refractivity contribution in [1.29, 1.82) is 0 Å². The van der Waals surface area contributed by atoms with E-state index in [1.807, 2.05) is 0 Å². The molecule has 1 aliphatic heterocycles. The minimum absolute atomic E-state index is 0.0535. The number of imide groups is 1. The van der Waals surface area contributed by atoms with Crippen molar-refractivity contribution in [2.45, 2.75) is 103 Å². The molecule has 1 unspecified atom stereocenters. The van der Waals surface area contributed by atoms with E-state index in [1.165, 1.54) is 45.4 Å². The molecule has 1 heterocycles. The fourth-order valence-electron chi connectivity index (χ4n) is 3.10. The van der Waals surface area contributed by atoms with Gasteiger partial charge in [0.05, 0.1) is 6.42 Å². The molecule has 0 aliphatic carbocycles. The number of amides is 2. The van der Waals surface area contributed by atoms with Gasteiger partial charge < -0.3 is 9.57 Å². The number of esters is 1. The second kappa shape index (κ2) is 13.3. The van der Waals surface area contributed by atoms with Crippen molar-refractivity contribution in [3.8, 4) is 0 Å². The van der Waals surface area contributed by atoms with Gasteiger partial charge in [-0.1, -0.05) is 58.3 Å². The SMILES string of the molecule is CCCCCCCCCCCC(CC(=O)ON1C(=O)CCC1=O)OC(C)=O. The highest BCUT2D eigenvalue weighted by atomic mass is 16.7. The maximum atomic E-state index is 12.0. The molecule has 27 heavy (non-hydrogen) atoms. The Hall–Kier alpha value is -1.92. The lowest BCUT2D eigenvalue weighted by atomic mass is 10.0. The predicted molar refractivity (Wildman–Crippen MR) is 99.2 cm³/mol. The van der Waals surface area contributed by atoms with Crippen LogP contribution in [0, 0.1) is 0 Å². The molecule has 0 bridgehead atoms. The first kappa shape index (κ1) is 23.1. The van der Waals surface area contributed by atoms with Gasteiger partial charge >= 0.3 is 11.9 Å². The zero-order chi connectivity index (χ0) is 20.1. The summed E-state index contributed by atoms with van der Waals surface area (Å²) in [6, 6.07) is 0. The maximum absolute atomic E-state index is 12.0. The molecule has 0 aromatic rings. The molecule has 1 fully saturated rings. The van der Waals surface area contributed by atoms with Crippen LogP contribution in [-0.2, 0) is 28.8 Å². The number of carbonyl (C=O) groups excluding carboxylic acids is 4. The van der Waals surface area contributed by atoms with E-state index in [9.17, 15) is 19.2 Å². The summed E-state index contributed by atoms with van der Waals surface area (Å²) in [6.45, 7) is 3.50. The van der Waals surface area contributed by atoms with Gasteiger partial charge in [-0.15, -0.1) is 5.06 Å². The van der Waals surface area contributed by atoms with E-state index in [0.717, 1.165) is 19.3 Å². The van der Waals surface area contributed by atoms with Gasteiger partial charge in [0.25, 0.3) is 11.8 Å². The zero-order valence-electron chi connectivity index (χ0n) is 16.7. The number of hydrogen-bond acceptors (Lipinski definition) is 6. The molecule has 7 nitrogen and oxygen atoms in total. The fourth-order valence-corrected chi connectivity index (χ4v) is 3.10. The Bertz CT molecular complexity index is 489. The van der Waals surface area contributed by atoms with Crippen LogP contribution < -0.4 is 0 Å². The second-order valence-electron chi connectivity index (χ2n) is 7.10. The summed E-state index contributed by atoms with van der Waals surface area (Å²) in [5.41, 5.74) is 0. The Balaban J connectivity index is 2.25. The van der Waals surface area contributed by atoms with Gasteiger partial charge in [0.15, 0.2) is 0 Å². The van der Waals surface area contributed by atoms with E-state index in [0.29, 0.717) is 11.5 Å². The Labute approximate surface area is 161 Å². The van der Waals surface area contributed by atoms with Crippen LogP contribution in [-0.4, -0.2) is 34.9 Å². The largest absolute Gasteiger partial charge is 0.462 e. The Kier molecular flexibility index (Phi) is 11.4. The highest BCUT2D eigenvalue weighted by molar-refractivity contribution is 6.01. The van der Waals surface area contributed by atoms with Gasteiger partial charge in [-0.3, -0.25) is 14.4 Å². The monoisotopic (exact) mass is 383 g/mol. The number of hydrogen-bond donors (Lipinski definition) is 0. The van der Waals surface area contributed by atoms with Crippen molar-refractivity contribution in [1.82, 2.24) is 5.06 Å². The normalized spacial score (nSPS) is 15.1. The summed E-state index contributed by atoms with van der Waals surface area (Å²) in [5.74, 6) is -2.23. The van der Waals surface area contributed by atoms with Crippen molar-refractivity contribution in [2.75, 3.05) is 0 Å². The highest BCUT2D eigenvalue weighted by Crippen LogP contribution is 2.17. The lowest BCUT2D eigenvalue weighted by Gasteiger charge is -2.18. The first-order valence-corrected chi connectivity index (χ1v) is 10.2. The maximum Gasteiger partial charge on any atom is 0.336 e. The molecule has 0 N–H and O–H groups in total. The number of nitrogens with zero attached hydrogens (tertiary/aromatic N) is 1. The van der Waals surface area contributed by atoms with Crippen LogP contribution >= 0.6 is 0 Å². The van der Waals surface area contributed by atoms with Crippen LogP contribution in [0.15, 0.2) is 0 Å². The number of rotatable bonds is 14. The molecule has 7 heteroatoms. The number of unbranched alkanes of at least 4 members (excludes halogenated alkanes) is 8. The van der Waals surface area contributed by atoms with Crippen molar-refractivity contribution >= 4 is 23.8 Å². The number of hydroxylamine groups is 2. The third-order valence-corrected chi connectivity index (χ3v) is 4.56. The molecular formula is C20H33NO6. The molecule has 0 radical (unpaired) electrons. The van der Waals surface area contributed by atoms with Gasteiger partial charge in [0.2, 0.25) is 0 Å². The minimum atomic E-state index is -0.735. The van der Waals surface area contributed by atoms with Crippen molar-refractivity contribution in [3.05, 3.63) is 0 Å². The third-order valence-electron chi connectivity index (χ3n) is 4.56. The van der Waals surface area contributed by atoms with Crippen LogP contribution in [0.5, 0.6) is 0 Å². The summed E-state index contributed by atoms with van der Waals surface area (Å²) in [7, 11) is 0. The van der Waals surface area contributed by atoms with E-state index >= 15 is 0 Å². The van der Waals surface area contributed by atoms with Crippen LogP contribution in [0.4, 0.5) is 0 Å². The standard InChI is InChI=1S/C20H33NO6/c1-3-4-5-6-7-8-9-10-11-12-17(26-16(2)22)15-20(25)27-21-18(23)13-14-19(21)24/h17H,3-15H2,1-2H3. The van der Waals surface area contributed by atoms with E-state index in [4.69, 9.17) is 9.57 Å². The van der Waals surface area contributed by atoms with Crippen molar-refractivity contribution in [2.24, 2.45) is 0 Å². The summed E-state index contributed by atoms with van der Waals surface area (Å²) in [4.78, 5) is 51.0. The number of ether oxygens (including phenoxy) is 1. The molecule has 0 spiro atoms.